The fourth-order valence-corrected chi connectivity index (χ4v) is 1.87. The summed E-state index contributed by atoms with van der Waals surface area (Å²) in [6, 6.07) is 5.91. The number of fused-ring (bicyclic) bond motifs is 1. The van der Waals surface area contributed by atoms with Crippen LogP contribution >= 0.6 is 0 Å². The van der Waals surface area contributed by atoms with Crippen molar-refractivity contribution in [3.8, 4) is 5.88 Å². The highest BCUT2D eigenvalue weighted by Crippen LogP contribution is 2.27. The minimum atomic E-state index is -0.0261. The molecule has 1 N–H and O–H groups in total. The summed E-state index contributed by atoms with van der Waals surface area (Å²) in [6.07, 6.45) is 0.704. The SMILES string of the molecule is COc1nn(C)c2ccc(C(C)NC=O)cc12. The average Bonchev–Trinajstić information content (AvgIpc) is 2.66. The molecule has 0 radical (unpaired) electrons. The number of nitrogens with zero attached hydrogens (tertiary/aromatic N) is 2. The number of hydrogen-bond acceptors (Lipinski definition) is 3. The van der Waals surface area contributed by atoms with Crippen LogP contribution in [0.5, 0.6) is 5.88 Å². The first-order chi connectivity index (χ1) is 8.17. The molecule has 1 heterocycles. The number of carbonyl (C=O) groups is 1. The van der Waals surface area contributed by atoms with Crippen molar-refractivity contribution in [1.29, 1.82) is 0 Å². The molecule has 1 aromatic heterocycles. The van der Waals surface area contributed by atoms with Crippen LogP contribution in [0.1, 0.15) is 18.5 Å². The van der Waals surface area contributed by atoms with E-state index in [1.165, 1.54) is 0 Å². The van der Waals surface area contributed by atoms with Gasteiger partial charge in [0.2, 0.25) is 12.3 Å². The van der Waals surface area contributed by atoms with Crippen molar-refractivity contribution in [2.75, 3.05) is 7.11 Å². The van der Waals surface area contributed by atoms with Gasteiger partial charge in [0, 0.05) is 7.05 Å². The van der Waals surface area contributed by atoms with Gasteiger partial charge in [0.1, 0.15) is 0 Å². The Labute approximate surface area is 99.4 Å². The lowest BCUT2D eigenvalue weighted by Gasteiger charge is -2.10. The summed E-state index contributed by atoms with van der Waals surface area (Å²) in [5.74, 6) is 0.600. The number of benzene rings is 1. The van der Waals surface area contributed by atoms with Gasteiger partial charge in [-0.3, -0.25) is 9.48 Å². The number of carbonyl (C=O) groups excluding carboxylic acids is 1. The van der Waals surface area contributed by atoms with Gasteiger partial charge in [-0.15, -0.1) is 5.10 Å². The molecule has 0 aliphatic carbocycles. The second-order valence-corrected chi connectivity index (χ2v) is 3.92. The van der Waals surface area contributed by atoms with Crippen LogP contribution in [0, 0.1) is 0 Å². The van der Waals surface area contributed by atoms with Gasteiger partial charge in [0.05, 0.1) is 24.1 Å². The first-order valence-corrected chi connectivity index (χ1v) is 5.37. The lowest BCUT2D eigenvalue weighted by atomic mass is 10.1. The number of ether oxygens (including phenoxy) is 1. The van der Waals surface area contributed by atoms with Crippen LogP contribution in [0.4, 0.5) is 0 Å². The highest BCUT2D eigenvalue weighted by molar-refractivity contribution is 5.85. The van der Waals surface area contributed by atoms with Crippen molar-refractivity contribution in [2.45, 2.75) is 13.0 Å². The quantitative estimate of drug-likeness (QED) is 0.812. The van der Waals surface area contributed by atoms with E-state index in [9.17, 15) is 4.79 Å². The van der Waals surface area contributed by atoms with E-state index in [-0.39, 0.29) is 6.04 Å². The van der Waals surface area contributed by atoms with Gasteiger partial charge in [-0.25, -0.2) is 0 Å². The molecule has 0 fully saturated rings. The number of aromatic nitrogens is 2. The smallest absolute Gasteiger partial charge is 0.240 e. The molecule has 0 spiro atoms. The Morgan fingerprint density at radius 1 is 1.53 bits per heavy atom. The van der Waals surface area contributed by atoms with Crippen LogP contribution in [-0.2, 0) is 11.8 Å². The molecule has 2 rings (SSSR count). The van der Waals surface area contributed by atoms with Gasteiger partial charge in [-0.1, -0.05) is 6.07 Å². The van der Waals surface area contributed by atoms with E-state index >= 15 is 0 Å². The molecule has 5 nitrogen and oxygen atoms in total. The zero-order valence-electron chi connectivity index (χ0n) is 10.1. The fourth-order valence-electron chi connectivity index (χ4n) is 1.87. The van der Waals surface area contributed by atoms with Crippen molar-refractivity contribution in [3.05, 3.63) is 23.8 Å². The molecular weight excluding hydrogens is 218 g/mol. The Morgan fingerprint density at radius 2 is 2.29 bits per heavy atom. The number of amides is 1. The molecule has 5 heteroatoms. The van der Waals surface area contributed by atoms with Crippen molar-refractivity contribution >= 4 is 17.3 Å². The van der Waals surface area contributed by atoms with Crippen molar-refractivity contribution in [2.24, 2.45) is 7.05 Å². The van der Waals surface area contributed by atoms with Crippen LogP contribution in [0.25, 0.3) is 10.9 Å². The maximum absolute atomic E-state index is 10.4. The summed E-state index contributed by atoms with van der Waals surface area (Å²) >= 11 is 0. The molecular formula is C12H15N3O2. The van der Waals surface area contributed by atoms with E-state index in [0.717, 1.165) is 16.5 Å². The summed E-state index contributed by atoms with van der Waals surface area (Å²) in [7, 11) is 3.47. The summed E-state index contributed by atoms with van der Waals surface area (Å²) in [6.45, 7) is 1.93. The second-order valence-electron chi connectivity index (χ2n) is 3.92. The van der Waals surface area contributed by atoms with Crippen LogP contribution in [0.15, 0.2) is 18.2 Å². The van der Waals surface area contributed by atoms with Gasteiger partial charge in [0.15, 0.2) is 0 Å². The van der Waals surface area contributed by atoms with Gasteiger partial charge >= 0.3 is 0 Å². The maximum atomic E-state index is 10.4. The molecule has 1 atom stereocenters. The Morgan fingerprint density at radius 3 is 2.94 bits per heavy atom. The van der Waals surface area contributed by atoms with Crippen molar-refractivity contribution in [3.63, 3.8) is 0 Å². The second kappa shape index (κ2) is 4.45. The van der Waals surface area contributed by atoms with Gasteiger partial charge in [-0.05, 0) is 24.6 Å². The lowest BCUT2D eigenvalue weighted by molar-refractivity contribution is -0.110. The third kappa shape index (κ3) is 1.95. The first-order valence-electron chi connectivity index (χ1n) is 5.37. The number of nitrogens with one attached hydrogen (secondary N) is 1. The summed E-state index contributed by atoms with van der Waals surface area (Å²) in [5.41, 5.74) is 2.03. The van der Waals surface area contributed by atoms with Gasteiger partial charge in [-0.2, -0.15) is 0 Å². The maximum Gasteiger partial charge on any atom is 0.240 e. The van der Waals surface area contributed by atoms with Crippen molar-refractivity contribution in [1.82, 2.24) is 15.1 Å². The summed E-state index contributed by atoms with van der Waals surface area (Å²) in [5, 5.41) is 7.93. The molecule has 2 aromatic rings. The standard InChI is InChI=1S/C12H15N3O2/c1-8(13-7-16)9-4-5-11-10(6-9)12(17-3)14-15(11)2/h4-8H,1-3H3,(H,13,16). The molecule has 1 unspecified atom stereocenters. The third-order valence-electron chi connectivity index (χ3n) is 2.85. The topological polar surface area (TPSA) is 56.1 Å². The van der Waals surface area contributed by atoms with Crippen LogP contribution in [-0.4, -0.2) is 23.3 Å². The molecule has 0 saturated carbocycles. The Hall–Kier alpha value is -2.04. The van der Waals surface area contributed by atoms with E-state index in [4.69, 9.17) is 4.74 Å². The first kappa shape index (κ1) is 11.4. The number of aryl methyl sites for hydroxylation is 1. The number of rotatable bonds is 4. The van der Waals surface area contributed by atoms with E-state index in [1.807, 2.05) is 32.2 Å². The van der Waals surface area contributed by atoms with Gasteiger partial charge < -0.3 is 10.1 Å². The summed E-state index contributed by atoms with van der Waals surface area (Å²) < 4.78 is 6.99. The van der Waals surface area contributed by atoms with Crippen LogP contribution in [0.2, 0.25) is 0 Å². The average molecular weight is 233 g/mol. The highest BCUT2D eigenvalue weighted by atomic mass is 16.5. The molecule has 0 bridgehead atoms. The van der Waals surface area contributed by atoms with Crippen molar-refractivity contribution < 1.29 is 9.53 Å². The molecule has 0 aliphatic heterocycles. The fraction of sp³-hybridized carbons (Fsp3) is 0.333. The Kier molecular flexibility index (Phi) is 2.99. The molecule has 1 aromatic carbocycles. The van der Waals surface area contributed by atoms with E-state index < -0.39 is 0 Å². The minimum absolute atomic E-state index is 0.0261. The largest absolute Gasteiger partial charge is 0.479 e. The summed E-state index contributed by atoms with van der Waals surface area (Å²) in [4.78, 5) is 10.4. The molecule has 1 amide bonds. The predicted octanol–water partition coefficient (Wildman–Crippen LogP) is 1.39. The molecule has 0 aliphatic rings. The predicted molar refractivity (Wildman–Crippen MR) is 64.9 cm³/mol. The van der Waals surface area contributed by atoms with Gasteiger partial charge in [0.25, 0.3) is 0 Å². The van der Waals surface area contributed by atoms with E-state index in [1.54, 1.807) is 11.8 Å². The van der Waals surface area contributed by atoms with E-state index in [2.05, 4.69) is 10.4 Å². The lowest BCUT2D eigenvalue weighted by Crippen LogP contribution is -2.15. The Bertz CT molecular complexity index is 548. The minimum Gasteiger partial charge on any atom is -0.479 e. The van der Waals surface area contributed by atoms with Crippen LogP contribution < -0.4 is 10.1 Å². The molecule has 90 valence electrons. The highest BCUT2D eigenvalue weighted by Gasteiger charge is 2.11. The zero-order chi connectivity index (χ0) is 12.4. The normalized spacial score (nSPS) is 12.4. The third-order valence-corrected chi connectivity index (χ3v) is 2.85. The molecule has 17 heavy (non-hydrogen) atoms. The Balaban J connectivity index is 2.52. The molecule has 0 saturated heterocycles. The number of hydrogen-bond donors (Lipinski definition) is 1. The zero-order valence-corrected chi connectivity index (χ0v) is 10.1. The van der Waals surface area contributed by atoms with Crippen LogP contribution in [0.3, 0.4) is 0 Å². The van der Waals surface area contributed by atoms with E-state index in [0.29, 0.717) is 12.3 Å². The number of methoxy groups -OCH3 is 1. The monoisotopic (exact) mass is 233 g/mol.